The van der Waals surface area contributed by atoms with E-state index in [4.69, 9.17) is 19.1 Å². The van der Waals surface area contributed by atoms with E-state index in [1.54, 1.807) is 0 Å². The van der Waals surface area contributed by atoms with Gasteiger partial charge in [0.25, 0.3) is 13.9 Å². The monoisotopic (exact) mass is 880 g/mol. The first-order chi connectivity index (χ1) is 29.0. The second-order valence-corrected chi connectivity index (χ2v) is 22.0. The molecule has 0 spiro atoms. The summed E-state index contributed by atoms with van der Waals surface area (Å²) in [6.07, 6.45) is -1.06. The lowest BCUT2D eigenvalue weighted by Gasteiger charge is -2.51. The predicted molar refractivity (Wildman–Crippen MR) is 247 cm³/mol. The number of morpholine rings is 1. The van der Waals surface area contributed by atoms with E-state index in [2.05, 4.69) is 217 Å². The molecule has 1 aliphatic rings. The van der Waals surface area contributed by atoms with Crippen molar-refractivity contribution in [3.63, 3.8) is 0 Å². The average Bonchev–Trinajstić information content (AvgIpc) is 3.61. The van der Waals surface area contributed by atoms with Gasteiger partial charge in [0.2, 0.25) is 5.95 Å². The topological polar surface area (TPSA) is 97.3 Å². The van der Waals surface area contributed by atoms with E-state index in [1.165, 1.54) is 10.4 Å². The zero-order chi connectivity index (χ0) is 41.9. The van der Waals surface area contributed by atoms with Crippen LogP contribution in [0.5, 0.6) is 0 Å². The molecule has 308 valence electrons. The highest BCUT2D eigenvalue weighted by Gasteiger charge is 2.52. The summed E-state index contributed by atoms with van der Waals surface area (Å²) < 4.78 is 17.3. The SMILES string of the molecule is CC(C)CNc1nc2c(nc(Br)n2[C@H]2CN(C(c3ccccc3)(c3ccccc3)c3ccccc3)C[C@@H](CO[Si](c3ccccc3)(c3ccccc3)C(C)(C)C)O2)c(=O)[nH]1. The van der Waals surface area contributed by atoms with Crippen LogP contribution in [0.15, 0.2) is 161 Å². The molecule has 0 aliphatic carbocycles. The Morgan fingerprint density at radius 2 is 1.25 bits per heavy atom. The molecule has 2 N–H and O–H groups in total. The van der Waals surface area contributed by atoms with E-state index < -0.39 is 26.2 Å². The van der Waals surface area contributed by atoms with Crippen LogP contribution < -0.4 is 21.2 Å². The smallest absolute Gasteiger partial charge is 0.280 e. The van der Waals surface area contributed by atoms with Gasteiger partial charge in [0.15, 0.2) is 22.1 Å². The highest BCUT2D eigenvalue weighted by molar-refractivity contribution is 9.10. The van der Waals surface area contributed by atoms with Gasteiger partial charge < -0.3 is 14.5 Å². The van der Waals surface area contributed by atoms with E-state index in [9.17, 15) is 4.79 Å². The molecule has 2 atom stereocenters. The van der Waals surface area contributed by atoms with Crippen molar-refractivity contribution in [2.75, 3.05) is 31.6 Å². The van der Waals surface area contributed by atoms with E-state index in [-0.39, 0.29) is 16.1 Å². The number of hydrogen-bond acceptors (Lipinski definition) is 7. The summed E-state index contributed by atoms with van der Waals surface area (Å²) in [6.45, 7) is 13.0. The van der Waals surface area contributed by atoms with Crippen LogP contribution in [0.25, 0.3) is 11.2 Å². The van der Waals surface area contributed by atoms with Gasteiger partial charge >= 0.3 is 0 Å². The first-order valence-electron chi connectivity index (χ1n) is 20.8. The lowest BCUT2D eigenvalue weighted by Crippen LogP contribution is -2.67. The molecular formula is C49H53BrN6O3Si. The molecule has 9 nitrogen and oxygen atoms in total. The van der Waals surface area contributed by atoms with Gasteiger partial charge in [-0.1, -0.05) is 186 Å². The Hall–Kier alpha value is -5.17. The van der Waals surface area contributed by atoms with Gasteiger partial charge in [-0.25, -0.2) is 4.98 Å². The van der Waals surface area contributed by atoms with Crippen molar-refractivity contribution in [3.8, 4) is 0 Å². The largest absolute Gasteiger partial charge is 0.405 e. The Morgan fingerprint density at radius 1 is 0.767 bits per heavy atom. The minimum absolute atomic E-state index is 0.234. The van der Waals surface area contributed by atoms with Crippen LogP contribution in [0.4, 0.5) is 5.95 Å². The number of H-pyrrole nitrogens is 1. The summed E-state index contributed by atoms with van der Waals surface area (Å²) in [4.78, 5) is 28.7. The zero-order valence-corrected chi connectivity index (χ0v) is 37.5. The number of nitrogens with zero attached hydrogens (tertiary/aromatic N) is 4. The van der Waals surface area contributed by atoms with E-state index >= 15 is 0 Å². The molecule has 2 aromatic heterocycles. The number of hydrogen-bond donors (Lipinski definition) is 2. The van der Waals surface area contributed by atoms with Gasteiger partial charge in [0.05, 0.1) is 18.2 Å². The molecule has 3 heterocycles. The van der Waals surface area contributed by atoms with Crippen LogP contribution in [-0.4, -0.2) is 65.1 Å². The predicted octanol–water partition coefficient (Wildman–Crippen LogP) is 8.72. The summed E-state index contributed by atoms with van der Waals surface area (Å²) in [5, 5.41) is 5.48. The Balaban J connectivity index is 1.32. The summed E-state index contributed by atoms with van der Waals surface area (Å²) in [5.41, 5.74) is 2.96. The number of aromatic amines is 1. The summed E-state index contributed by atoms with van der Waals surface area (Å²) in [5.74, 6) is 0.734. The first-order valence-corrected chi connectivity index (χ1v) is 23.5. The molecule has 11 heteroatoms. The highest BCUT2D eigenvalue weighted by Crippen LogP contribution is 2.46. The van der Waals surface area contributed by atoms with Crippen molar-refractivity contribution < 1.29 is 9.16 Å². The quantitative estimate of drug-likeness (QED) is 0.0680. The number of ether oxygens (including phenoxy) is 1. The fraction of sp³-hybridized carbons (Fsp3) is 0.286. The Bertz CT molecular complexity index is 2410. The first kappa shape index (κ1) is 41.6. The van der Waals surface area contributed by atoms with Gasteiger partial charge in [-0.05, 0) is 53.9 Å². The van der Waals surface area contributed by atoms with E-state index in [0.717, 1.165) is 16.7 Å². The lowest BCUT2D eigenvalue weighted by molar-refractivity contribution is -0.147. The zero-order valence-electron chi connectivity index (χ0n) is 34.9. The number of benzene rings is 5. The molecule has 0 radical (unpaired) electrons. The molecule has 1 fully saturated rings. The Labute approximate surface area is 362 Å². The van der Waals surface area contributed by atoms with Gasteiger partial charge in [-0.15, -0.1) is 0 Å². The second kappa shape index (κ2) is 17.4. The maximum atomic E-state index is 13.6. The molecule has 1 aliphatic heterocycles. The van der Waals surface area contributed by atoms with Crippen molar-refractivity contribution in [3.05, 3.63) is 183 Å². The van der Waals surface area contributed by atoms with Gasteiger partial charge in [-0.2, -0.15) is 4.98 Å². The molecule has 0 amide bonds. The average molecular weight is 882 g/mol. The van der Waals surface area contributed by atoms with Crippen molar-refractivity contribution >= 4 is 51.7 Å². The fourth-order valence-electron chi connectivity index (χ4n) is 8.99. The number of nitrogens with one attached hydrogen (secondary N) is 2. The fourth-order valence-corrected chi connectivity index (χ4v) is 14.2. The van der Waals surface area contributed by atoms with Crippen LogP contribution in [0, 0.1) is 5.92 Å². The van der Waals surface area contributed by atoms with Gasteiger partial charge in [0, 0.05) is 19.6 Å². The Morgan fingerprint density at radius 3 is 1.72 bits per heavy atom. The van der Waals surface area contributed by atoms with Gasteiger partial charge in [0.1, 0.15) is 0 Å². The molecule has 7 aromatic rings. The normalized spacial score (nSPS) is 16.6. The molecule has 5 aromatic carbocycles. The van der Waals surface area contributed by atoms with Crippen LogP contribution in [0.3, 0.4) is 0 Å². The lowest BCUT2D eigenvalue weighted by atomic mass is 9.75. The van der Waals surface area contributed by atoms with E-state index in [0.29, 0.717) is 48.5 Å². The maximum Gasteiger partial charge on any atom is 0.280 e. The molecular weight excluding hydrogens is 829 g/mol. The molecule has 0 bridgehead atoms. The molecule has 60 heavy (non-hydrogen) atoms. The second-order valence-electron chi connectivity index (χ2n) is 17.0. The van der Waals surface area contributed by atoms with Crippen molar-refractivity contribution in [1.29, 1.82) is 0 Å². The third kappa shape index (κ3) is 7.81. The number of rotatable bonds is 13. The maximum absolute atomic E-state index is 13.6. The van der Waals surface area contributed by atoms with Crippen LogP contribution in [-0.2, 0) is 14.7 Å². The number of fused-ring (bicyclic) bond motifs is 1. The Kier molecular flexibility index (Phi) is 12.1. The van der Waals surface area contributed by atoms with E-state index in [1.807, 2.05) is 4.57 Å². The van der Waals surface area contributed by atoms with Crippen molar-refractivity contribution in [2.45, 2.75) is 57.5 Å². The van der Waals surface area contributed by atoms with Crippen molar-refractivity contribution in [1.82, 2.24) is 24.4 Å². The van der Waals surface area contributed by atoms with Crippen LogP contribution >= 0.6 is 15.9 Å². The number of anilines is 1. The summed E-state index contributed by atoms with van der Waals surface area (Å²) in [6, 6.07) is 53.6. The molecule has 8 rings (SSSR count). The molecule has 1 saturated heterocycles. The van der Waals surface area contributed by atoms with Gasteiger partial charge in [-0.3, -0.25) is 19.2 Å². The summed E-state index contributed by atoms with van der Waals surface area (Å²) >= 11 is 3.76. The number of imidazole rings is 1. The number of aromatic nitrogens is 4. The minimum Gasteiger partial charge on any atom is -0.405 e. The number of halogens is 1. The minimum atomic E-state index is -2.96. The van der Waals surface area contributed by atoms with Crippen LogP contribution in [0.1, 0.15) is 57.5 Å². The summed E-state index contributed by atoms with van der Waals surface area (Å²) in [7, 11) is -2.96. The third-order valence-electron chi connectivity index (χ3n) is 11.6. The molecule has 0 saturated carbocycles. The standard InChI is InChI=1S/C49H53BrN6O3Si/c1-35(2)31-51-47-53-44-43(45(57)54-47)52-46(50)56(44)42-33-55(49(36-21-11-6-12-22-36,37-23-13-7-14-24-37)38-25-15-8-16-26-38)32-39(59-42)34-58-60(48(3,4)5,40-27-17-9-18-28-40)41-29-19-10-20-30-41/h6-30,35,39,42H,31-34H2,1-5H3,(H2,51,53,54,57)/t39-,42+/m0/s1. The van der Waals surface area contributed by atoms with Crippen molar-refractivity contribution in [2.24, 2.45) is 5.92 Å². The highest BCUT2D eigenvalue weighted by atomic mass is 79.9. The molecule has 0 unspecified atom stereocenters. The third-order valence-corrected chi connectivity index (χ3v) is 17.1. The van der Waals surface area contributed by atoms with Crippen LogP contribution in [0.2, 0.25) is 5.04 Å².